The fourth-order valence-electron chi connectivity index (χ4n) is 4.02. The topological polar surface area (TPSA) is 75.6 Å². The number of hydrogen-bond donors (Lipinski definition) is 2. The molecule has 5 atom stereocenters. The Morgan fingerprint density at radius 2 is 1.87 bits per heavy atom. The highest BCUT2D eigenvalue weighted by atomic mass is 16.5. The van der Waals surface area contributed by atoms with E-state index < -0.39 is 17.8 Å². The van der Waals surface area contributed by atoms with Gasteiger partial charge in [0.1, 0.15) is 0 Å². The van der Waals surface area contributed by atoms with Crippen LogP contribution in [0.15, 0.2) is 18.2 Å². The van der Waals surface area contributed by atoms with Gasteiger partial charge in [0, 0.05) is 0 Å². The molecule has 5 nitrogen and oxygen atoms in total. The average molecular weight is 317 g/mol. The van der Waals surface area contributed by atoms with Crippen LogP contribution in [0.25, 0.3) is 0 Å². The van der Waals surface area contributed by atoms with Gasteiger partial charge in [0.05, 0.1) is 30.1 Å². The summed E-state index contributed by atoms with van der Waals surface area (Å²) >= 11 is 0. The number of rotatable bonds is 4. The molecule has 2 heterocycles. The van der Waals surface area contributed by atoms with E-state index in [0.29, 0.717) is 0 Å². The van der Waals surface area contributed by atoms with Gasteiger partial charge in [-0.25, -0.2) is 0 Å². The maximum Gasteiger partial charge on any atom is 0.310 e. The first-order valence-corrected chi connectivity index (χ1v) is 8.14. The van der Waals surface area contributed by atoms with E-state index in [1.54, 1.807) is 0 Å². The van der Waals surface area contributed by atoms with Crippen molar-refractivity contribution in [3.8, 4) is 0 Å². The highest BCUT2D eigenvalue weighted by Crippen LogP contribution is 2.43. The molecule has 2 aliphatic heterocycles. The van der Waals surface area contributed by atoms with Crippen LogP contribution in [0.4, 0.5) is 0 Å². The summed E-state index contributed by atoms with van der Waals surface area (Å²) in [6.45, 7) is 5.98. The maximum atomic E-state index is 12.7. The number of hydrogen-bond acceptors (Lipinski definition) is 3. The average Bonchev–Trinajstić information content (AvgIpc) is 3.07. The molecule has 1 aromatic carbocycles. The normalized spacial score (nSPS) is 30.2. The molecule has 0 aliphatic carbocycles. The summed E-state index contributed by atoms with van der Waals surface area (Å²) < 4.78 is 5.67. The molecule has 3 rings (SSSR count). The molecule has 23 heavy (non-hydrogen) atoms. The van der Waals surface area contributed by atoms with Crippen molar-refractivity contribution in [3.63, 3.8) is 0 Å². The Kier molecular flexibility index (Phi) is 4.15. The number of fused-ring (bicyclic) bond motifs is 2. The van der Waals surface area contributed by atoms with Gasteiger partial charge in [0.15, 0.2) is 0 Å². The van der Waals surface area contributed by atoms with E-state index >= 15 is 0 Å². The van der Waals surface area contributed by atoms with Crippen molar-refractivity contribution in [3.05, 3.63) is 34.9 Å². The van der Waals surface area contributed by atoms with Crippen molar-refractivity contribution >= 4 is 11.9 Å². The lowest BCUT2D eigenvalue weighted by Crippen LogP contribution is -2.44. The zero-order valence-corrected chi connectivity index (χ0v) is 13.7. The highest BCUT2D eigenvalue weighted by molar-refractivity contribution is 5.86. The van der Waals surface area contributed by atoms with E-state index in [1.807, 2.05) is 32.9 Å². The number of carboxylic acid groups (broad SMARTS) is 1. The minimum absolute atomic E-state index is 0.156. The van der Waals surface area contributed by atoms with E-state index in [0.717, 1.165) is 24.0 Å². The standard InChI is InChI=1S/C18H23NO4/c1-9-4-5-12(10(2)8-9)11(3)19-17(20)15-13-6-7-14(23-13)16(15)18(21)22/h4-5,8,11,13-16H,6-7H2,1-3H3,(H,19,20)(H,21,22)/t11-,13-,14-,15-,16-/m0/s1. The number of nitrogens with one attached hydrogen (secondary N) is 1. The second-order valence-corrected chi connectivity index (χ2v) is 6.77. The first-order chi connectivity index (χ1) is 10.9. The predicted octanol–water partition coefficient (Wildman–Crippen LogP) is 2.36. The van der Waals surface area contributed by atoms with Crippen molar-refractivity contribution < 1.29 is 19.4 Å². The molecule has 0 saturated carbocycles. The molecule has 1 amide bonds. The molecular formula is C18H23NO4. The number of carbonyl (C=O) groups excluding carboxylic acids is 1. The minimum atomic E-state index is -0.934. The highest BCUT2D eigenvalue weighted by Gasteiger charge is 2.55. The molecule has 2 fully saturated rings. The van der Waals surface area contributed by atoms with E-state index in [-0.39, 0.29) is 24.2 Å². The molecule has 2 saturated heterocycles. The van der Waals surface area contributed by atoms with Crippen LogP contribution in [0.2, 0.25) is 0 Å². The largest absolute Gasteiger partial charge is 0.481 e. The summed E-state index contributed by atoms with van der Waals surface area (Å²) in [4.78, 5) is 24.2. The van der Waals surface area contributed by atoms with Crippen LogP contribution in [0.3, 0.4) is 0 Å². The van der Waals surface area contributed by atoms with Crippen molar-refractivity contribution in [2.75, 3.05) is 0 Å². The van der Waals surface area contributed by atoms with Gasteiger partial charge >= 0.3 is 5.97 Å². The lowest BCUT2D eigenvalue weighted by atomic mass is 9.78. The van der Waals surface area contributed by atoms with Gasteiger partial charge in [-0.2, -0.15) is 0 Å². The monoisotopic (exact) mass is 317 g/mol. The molecule has 2 bridgehead atoms. The molecule has 0 spiro atoms. The van der Waals surface area contributed by atoms with E-state index in [1.165, 1.54) is 5.56 Å². The van der Waals surface area contributed by atoms with Gasteiger partial charge in [0.25, 0.3) is 0 Å². The molecule has 124 valence electrons. The lowest BCUT2D eigenvalue weighted by molar-refractivity contribution is -0.148. The second kappa shape index (κ2) is 5.96. The summed E-state index contributed by atoms with van der Waals surface area (Å²) in [6.07, 6.45) is 0.930. The van der Waals surface area contributed by atoms with Crippen molar-refractivity contribution in [2.45, 2.75) is 51.9 Å². The zero-order valence-electron chi connectivity index (χ0n) is 13.7. The van der Waals surface area contributed by atoms with Gasteiger partial charge in [-0.1, -0.05) is 23.8 Å². The van der Waals surface area contributed by atoms with Crippen LogP contribution < -0.4 is 5.32 Å². The summed E-state index contributed by atoms with van der Waals surface area (Å²) in [5, 5.41) is 12.4. The van der Waals surface area contributed by atoms with Crippen LogP contribution in [0, 0.1) is 25.7 Å². The van der Waals surface area contributed by atoms with Crippen LogP contribution in [0.1, 0.15) is 42.5 Å². The van der Waals surface area contributed by atoms with Gasteiger partial charge in [-0.05, 0) is 44.7 Å². The molecule has 2 N–H and O–H groups in total. The van der Waals surface area contributed by atoms with E-state index in [2.05, 4.69) is 11.4 Å². The Morgan fingerprint density at radius 3 is 2.48 bits per heavy atom. The molecule has 2 aliphatic rings. The van der Waals surface area contributed by atoms with Crippen molar-refractivity contribution in [1.82, 2.24) is 5.32 Å². The summed E-state index contributed by atoms with van der Waals surface area (Å²) in [5.74, 6) is -2.45. The molecular weight excluding hydrogens is 294 g/mol. The third kappa shape index (κ3) is 2.85. The number of ether oxygens (including phenoxy) is 1. The smallest absolute Gasteiger partial charge is 0.310 e. The number of aryl methyl sites for hydroxylation is 2. The fourth-order valence-corrected chi connectivity index (χ4v) is 4.02. The molecule has 0 radical (unpaired) electrons. The Labute approximate surface area is 136 Å². The van der Waals surface area contributed by atoms with Crippen molar-refractivity contribution in [2.24, 2.45) is 11.8 Å². The molecule has 0 unspecified atom stereocenters. The number of amides is 1. The van der Waals surface area contributed by atoms with Gasteiger partial charge in [0.2, 0.25) is 5.91 Å². The molecule has 0 aromatic heterocycles. The number of carboxylic acids is 1. The van der Waals surface area contributed by atoms with Gasteiger partial charge in [-0.3, -0.25) is 9.59 Å². The first kappa shape index (κ1) is 16.0. The van der Waals surface area contributed by atoms with Crippen LogP contribution in [-0.2, 0) is 14.3 Å². The summed E-state index contributed by atoms with van der Waals surface area (Å²) in [6, 6.07) is 5.96. The molecule has 1 aromatic rings. The van der Waals surface area contributed by atoms with Gasteiger partial charge in [-0.15, -0.1) is 0 Å². The Bertz CT molecular complexity index is 642. The summed E-state index contributed by atoms with van der Waals surface area (Å²) in [7, 11) is 0. The van der Waals surface area contributed by atoms with E-state index in [4.69, 9.17) is 4.74 Å². The van der Waals surface area contributed by atoms with Crippen LogP contribution in [-0.4, -0.2) is 29.2 Å². The fraction of sp³-hybridized carbons (Fsp3) is 0.556. The number of benzene rings is 1. The first-order valence-electron chi connectivity index (χ1n) is 8.14. The van der Waals surface area contributed by atoms with Crippen LogP contribution in [0.5, 0.6) is 0 Å². The van der Waals surface area contributed by atoms with Gasteiger partial charge < -0.3 is 15.2 Å². The second-order valence-electron chi connectivity index (χ2n) is 6.77. The molecule has 5 heteroatoms. The zero-order chi connectivity index (χ0) is 16.7. The maximum absolute atomic E-state index is 12.7. The Morgan fingerprint density at radius 1 is 1.22 bits per heavy atom. The number of aliphatic carboxylic acids is 1. The van der Waals surface area contributed by atoms with Crippen LogP contribution >= 0.6 is 0 Å². The SMILES string of the molecule is Cc1ccc([C@H](C)NC(=O)[C@@H]2[C@@H](C(=O)O)[C@@H]3CC[C@@H]2O3)c(C)c1. The number of carbonyl (C=O) groups is 2. The Balaban J connectivity index is 1.74. The van der Waals surface area contributed by atoms with Crippen molar-refractivity contribution in [1.29, 1.82) is 0 Å². The lowest BCUT2D eigenvalue weighted by Gasteiger charge is -2.26. The quantitative estimate of drug-likeness (QED) is 0.894. The third-order valence-corrected chi connectivity index (χ3v) is 5.11. The Hall–Kier alpha value is -1.88. The third-order valence-electron chi connectivity index (χ3n) is 5.11. The van der Waals surface area contributed by atoms with E-state index in [9.17, 15) is 14.7 Å². The summed E-state index contributed by atoms with van der Waals surface area (Å²) in [5.41, 5.74) is 3.36. The predicted molar refractivity (Wildman–Crippen MR) is 85.0 cm³/mol. The minimum Gasteiger partial charge on any atom is -0.481 e.